The van der Waals surface area contributed by atoms with E-state index in [-0.39, 0.29) is 0 Å². The molecule has 37 heavy (non-hydrogen) atoms. The summed E-state index contributed by atoms with van der Waals surface area (Å²) in [7, 11) is 0. The highest BCUT2D eigenvalue weighted by Gasteiger charge is 2.38. The standard InChI is InChI=1S/C18H15N3.2C2HF3O2.C2H6/c1-2-13-7-9-14(10-8-13)15-11-12-21-17-6-4-3-5-16(17)20-18(21)19-15;2*3-2(4,5)1(6)7;1-2/h3-12H,2H2,1H3;2*(H,6,7);1-2H3. The zero-order chi connectivity index (χ0) is 28.4. The van der Waals surface area contributed by atoms with Gasteiger partial charge in [-0.05, 0) is 30.2 Å². The number of carbonyl (C=O) groups is 2. The predicted molar refractivity (Wildman–Crippen MR) is 124 cm³/mol. The molecule has 2 aromatic heterocycles. The van der Waals surface area contributed by atoms with E-state index in [1.165, 1.54) is 5.56 Å². The van der Waals surface area contributed by atoms with Crippen LogP contribution in [0.15, 0.2) is 60.8 Å². The zero-order valence-electron chi connectivity index (χ0n) is 19.8. The maximum atomic E-state index is 10.6. The van der Waals surface area contributed by atoms with Gasteiger partial charge in [0, 0.05) is 11.8 Å². The first-order valence-corrected chi connectivity index (χ1v) is 10.7. The molecule has 0 aliphatic carbocycles. The Morgan fingerprint density at radius 2 is 1.30 bits per heavy atom. The Labute approximate surface area is 207 Å². The zero-order valence-corrected chi connectivity index (χ0v) is 19.8. The van der Waals surface area contributed by atoms with Crippen molar-refractivity contribution in [3.05, 3.63) is 66.4 Å². The quantitative estimate of drug-likeness (QED) is 0.290. The van der Waals surface area contributed by atoms with Gasteiger partial charge in [0.05, 0.1) is 16.7 Å². The number of hydrogen-bond acceptors (Lipinski definition) is 4. The Kier molecular flexibility index (Phi) is 11.0. The highest BCUT2D eigenvalue weighted by Crippen LogP contribution is 2.21. The lowest BCUT2D eigenvalue weighted by atomic mass is 10.1. The van der Waals surface area contributed by atoms with E-state index in [0.717, 1.165) is 34.5 Å². The Balaban J connectivity index is 0.000000357. The van der Waals surface area contributed by atoms with Gasteiger partial charge < -0.3 is 10.2 Å². The summed E-state index contributed by atoms with van der Waals surface area (Å²) in [6.45, 7) is 6.16. The monoisotopic (exact) mass is 531 g/mol. The molecule has 0 bridgehead atoms. The molecule has 0 saturated heterocycles. The Morgan fingerprint density at radius 3 is 1.76 bits per heavy atom. The van der Waals surface area contributed by atoms with Gasteiger partial charge in [0.2, 0.25) is 5.78 Å². The summed E-state index contributed by atoms with van der Waals surface area (Å²) < 4.78 is 65.5. The third-order valence-corrected chi connectivity index (χ3v) is 4.32. The first-order valence-electron chi connectivity index (χ1n) is 10.7. The summed E-state index contributed by atoms with van der Waals surface area (Å²) in [4.78, 5) is 27.1. The fourth-order valence-electron chi connectivity index (χ4n) is 2.62. The molecule has 2 aromatic carbocycles. The first kappa shape index (κ1) is 30.9. The Morgan fingerprint density at radius 1 is 0.811 bits per heavy atom. The number of para-hydroxylation sites is 2. The number of aryl methyl sites for hydroxylation is 1. The number of fused-ring (bicyclic) bond motifs is 3. The third-order valence-electron chi connectivity index (χ3n) is 4.32. The molecule has 7 nitrogen and oxygen atoms in total. The van der Waals surface area contributed by atoms with Gasteiger partial charge in [-0.15, -0.1) is 0 Å². The lowest BCUT2D eigenvalue weighted by molar-refractivity contribution is -0.193. The van der Waals surface area contributed by atoms with Crippen LogP contribution in [-0.2, 0) is 16.0 Å². The minimum atomic E-state index is -5.08. The lowest BCUT2D eigenvalue weighted by Gasteiger charge is -2.03. The molecular formula is C24H23F6N3O4. The van der Waals surface area contributed by atoms with E-state index in [1.807, 2.05) is 48.7 Å². The molecular weight excluding hydrogens is 508 g/mol. The molecule has 2 N–H and O–H groups in total. The van der Waals surface area contributed by atoms with Crippen molar-refractivity contribution in [3.63, 3.8) is 0 Å². The fraction of sp³-hybridized carbons (Fsp3) is 0.250. The maximum absolute atomic E-state index is 10.6. The molecule has 4 aromatic rings. The highest BCUT2D eigenvalue weighted by atomic mass is 19.4. The number of carboxylic acid groups (broad SMARTS) is 2. The minimum Gasteiger partial charge on any atom is -0.475 e. The van der Waals surface area contributed by atoms with Crippen molar-refractivity contribution < 1.29 is 46.1 Å². The van der Waals surface area contributed by atoms with Crippen LogP contribution in [0.3, 0.4) is 0 Å². The van der Waals surface area contributed by atoms with Crippen molar-refractivity contribution in [1.82, 2.24) is 14.4 Å². The summed E-state index contributed by atoms with van der Waals surface area (Å²) >= 11 is 0. The first-order chi connectivity index (χ1) is 17.2. The summed E-state index contributed by atoms with van der Waals surface area (Å²) in [5.74, 6) is -4.77. The third kappa shape index (κ3) is 9.09. The van der Waals surface area contributed by atoms with Gasteiger partial charge in [-0.25, -0.2) is 19.6 Å². The van der Waals surface area contributed by atoms with Crippen LogP contribution >= 0.6 is 0 Å². The van der Waals surface area contributed by atoms with Gasteiger partial charge in [-0.1, -0.05) is 57.2 Å². The van der Waals surface area contributed by atoms with E-state index in [1.54, 1.807) is 0 Å². The van der Waals surface area contributed by atoms with Crippen LogP contribution in [0.4, 0.5) is 26.3 Å². The number of carboxylic acids is 2. The summed E-state index contributed by atoms with van der Waals surface area (Å²) in [6, 6.07) is 18.7. The number of imidazole rings is 1. The average Bonchev–Trinajstić information content (AvgIpc) is 3.23. The van der Waals surface area contributed by atoms with Crippen LogP contribution in [0.2, 0.25) is 0 Å². The van der Waals surface area contributed by atoms with Crippen LogP contribution in [0, 0.1) is 0 Å². The number of alkyl halides is 6. The molecule has 0 aliphatic rings. The number of halogens is 6. The van der Waals surface area contributed by atoms with E-state index < -0.39 is 24.3 Å². The molecule has 0 radical (unpaired) electrons. The van der Waals surface area contributed by atoms with E-state index in [0.29, 0.717) is 0 Å². The van der Waals surface area contributed by atoms with Crippen molar-refractivity contribution in [3.8, 4) is 11.3 Å². The van der Waals surface area contributed by atoms with Crippen molar-refractivity contribution in [1.29, 1.82) is 0 Å². The number of rotatable bonds is 2. The summed E-state index contributed by atoms with van der Waals surface area (Å²) in [5, 5.41) is 14.2. The van der Waals surface area contributed by atoms with Crippen LogP contribution in [0.5, 0.6) is 0 Å². The van der Waals surface area contributed by atoms with Crippen LogP contribution in [-0.4, -0.2) is 48.9 Å². The van der Waals surface area contributed by atoms with Crippen LogP contribution in [0.1, 0.15) is 26.3 Å². The molecule has 2 heterocycles. The van der Waals surface area contributed by atoms with Gasteiger partial charge in [-0.2, -0.15) is 26.3 Å². The van der Waals surface area contributed by atoms with Crippen molar-refractivity contribution in [2.75, 3.05) is 0 Å². The molecule has 0 aliphatic heterocycles. The Bertz CT molecular complexity index is 1290. The predicted octanol–water partition coefficient (Wildman–Crippen LogP) is 6.40. The molecule has 13 heteroatoms. The van der Waals surface area contributed by atoms with Gasteiger partial charge in [0.1, 0.15) is 0 Å². The number of benzene rings is 2. The van der Waals surface area contributed by atoms with E-state index in [9.17, 15) is 26.3 Å². The smallest absolute Gasteiger partial charge is 0.475 e. The number of hydrogen-bond donors (Lipinski definition) is 2. The second-order valence-electron chi connectivity index (χ2n) is 6.74. The van der Waals surface area contributed by atoms with Crippen molar-refractivity contribution in [2.24, 2.45) is 0 Å². The normalized spacial score (nSPS) is 10.8. The molecule has 0 fully saturated rings. The number of aliphatic carboxylic acids is 2. The molecule has 0 atom stereocenters. The molecule has 4 rings (SSSR count). The molecule has 0 saturated carbocycles. The Hall–Kier alpha value is -4.16. The summed E-state index contributed by atoms with van der Waals surface area (Å²) in [5.41, 5.74) is 5.49. The highest BCUT2D eigenvalue weighted by molar-refractivity contribution is 5.80. The maximum Gasteiger partial charge on any atom is 0.490 e. The second-order valence-corrected chi connectivity index (χ2v) is 6.74. The molecule has 200 valence electrons. The number of nitrogens with zero attached hydrogens (tertiary/aromatic N) is 3. The second kappa shape index (κ2) is 13.2. The van der Waals surface area contributed by atoms with E-state index >= 15 is 0 Å². The van der Waals surface area contributed by atoms with Crippen LogP contribution in [0.25, 0.3) is 28.1 Å². The van der Waals surface area contributed by atoms with Gasteiger partial charge in [0.25, 0.3) is 0 Å². The van der Waals surface area contributed by atoms with Gasteiger partial charge in [-0.3, -0.25) is 4.40 Å². The van der Waals surface area contributed by atoms with E-state index in [4.69, 9.17) is 24.8 Å². The lowest BCUT2D eigenvalue weighted by Crippen LogP contribution is -2.21. The fourth-order valence-corrected chi connectivity index (χ4v) is 2.62. The summed E-state index contributed by atoms with van der Waals surface area (Å²) in [6.07, 6.45) is -7.07. The molecule has 0 unspecified atom stereocenters. The van der Waals surface area contributed by atoms with E-state index in [2.05, 4.69) is 42.2 Å². The topological polar surface area (TPSA) is 105 Å². The molecule has 0 amide bonds. The van der Waals surface area contributed by atoms with Crippen molar-refractivity contribution in [2.45, 2.75) is 39.5 Å². The number of aromatic nitrogens is 3. The van der Waals surface area contributed by atoms with Crippen LogP contribution < -0.4 is 0 Å². The largest absolute Gasteiger partial charge is 0.490 e. The molecule has 0 spiro atoms. The average molecular weight is 531 g/mol. The van der Waals surface area contributed by atoms with Crippen molar-refractivity contribution >= 4 is 28.7 Å². The SMILES string of the molecule is CC.CCc1ccc(-c2ccn3c(n2)nc2ccccc23)cc1.O=C(O)C(F)(F)F.O=C(O)C(F)(F)F. The minimum absolute atomic E-state index is 0.744. The van der Waals surface area contributed by atoms with Gasteiger partial charge in [0.15, 0.2) is 0 Å². The van der Waals surface area contributed by atoms with Gasteiger partial charge >= 0.3 is 24.3 Å².